The predicted molar refractivity (Wildman–Crippen MR) is 52.1 cm³/mol. The van der Waals surface area contributed by atoms with Gasteiger partial charge in [-0.15, -0.1) is 0 Å². The molecule has 3 nitrogen and oxygen atoms in total. The van der Waals surface area contributed by atoms with Crippen molar-refractivity contribution in [3.05, 3.63) is 29.8 Å². The van der Waals surface area contributed by atoms with E-state index in [0.29, 0.717) is 18.7 Å². The predicted octanol–water partition coefficient (Wildman–Crippen LogP) is 1.47. The minimum absolute atomic E-state index is 0.328. The van der Waals surface area contributed by atoms with E-state index in [4.69, 9.17) is 10.5 Å². The molecule has 0 spiro atoms. The van der Waals surface area contributed by atoms with Crippen molar-refractivity contribution in [1.29, 1.82) is 0 Å². The molecule has 0 atom stereocenters. The fourth-order valence-corrected chi connectivity index (χ4v) is 0.872. The Labute approximate surface area is 83.1 Å². The van der Waals surface area contributed by atoms with Crippen LogP contribution in [0.3, 0.4) is 0 Å². The number of rotatable bonds is 4. The van der Waals surface area contributed by atoms with Crippen molar-refractivity contribution in [3.63, 3.8) is 0 Å². The highest BCUT2D eigenvalue weighted by Gasteiger charge is 2.15. The van der Waals surface area contributed by atoms with Crippen LogP contribution in [-0.4, -0.2) is 17.1 Å². The van der Waals surface area contributed by atoms with Crippen LogP contribution in [-0.2, 0) is 11.3 Å². The van der Waals surface area contributed by atoms with E-state index in [1.165, 1.54) is 6.07 Å². The second-order valence-electron chi connectivity index (χ2n) is 3.76. The van der Waals surface area contributed by atoms with Gasteiger partial charge in [-0.1, -0.05) is 0 Å². The van der Waals surface area contributed by atoms with Crippen molar-refractivity contribution in [3.8, 4) is 0 Å². The molecule has 0 radical (unpaired) electrons. The maximum absolute atomic E-state index is 12.7. The van der Waals surface area contributed by atoms with Crippen molar-refractivity contribution in [2.75, 3.05) is 6.54 Å². The van der Waals surface area contributed by atoms with Crippen LogP contribution in [0.1, 0.15) is 19.4 Å². The van der Waals surface area contributed by atoms with Gasteiger partial charge in [-0.05, 0) is 25.5 Å². The lowest BCUT2D eigenvalue weighted by Gasteiger charge is -2.23. The van der Waals surface area contributed by atoms with Crippen molar-refractivity contribution < 1.29 is 9.13 Å². The zero-order valence-electron chi connectivity index (χ0n) is 8.46. The quantitative estimate of drug-likeness (QED) is 0.797. The molecule has 0 amide bonds. The van der Waals surface area contributed by atoms with Gasteiger partial charge in [0.1, 0.15) is 5.82 Å². The van der Waals surface area contributed by atoms with Gasteiger partial charge in [0.15, 0.2) is 0 Å². The van der Waals surface area contributed by atoms with Crippen LogP contribution in [0, 0.1) is 5.82 Å². The van der Waals surface area contributed by atoms with Gasteiger partial charge in [-0.25, -0.2) is 4.39 Å². The zero-order chi connectivity index (χ0) is 10.6. The maximum Gasteiger partial charge on any atom is 0.141 e. The van der Waals surface area contributed by atoms with E-state index in [-0.39, 0.29) is 11.4 Å². The second kappa shape index (κ2) is 4.48. The summed E-state index contributed by atoms with van der Waals surface area (Å²) in [5.41, 5.74) is 5.82. The van der Waals surface area contributed by atoms with E-state index in [1.807, 2.05) is 13.8 Å². The summed E-state index contributed by atoms with van der Waals surface area (Å²) in [4.78, 5) is 3.72. The van der Waals surface area contributed by atoms with Crippen LogP contribution in [0.25, 0.3) is 0 Å². The summed E-state index contributed by atoms with van der Waals surface area (Å²) >= 11 is 0. The Balaban J connectivity index is 2.54. The van der Waals surface area contributed by atoms with E-state index in [9.17, 15) is 4.39 Å². The monoisotopic (exact) mass is 198 g/mol. The Morgan fingerprint density at radius 2 is 2.21 bits per heavy atom. The van der Waals surface area contributed by atoms with Gasteiger partial charge in [0.05, 0.1) is 18.4 Å². The Morgan fingerprint density at radius 1 is 1.50 bits per heavy atom. The molecule has 2 N–H and O–H groups in total. The van der Waals surface area contributed by atoms with Crippen molar-refractivity contribution in [2.24, 2.45) is 5.73 Å². The average molecular weight is 198 g/mol. The first kappa shape index (κ1) is 11.1. The number of aromatic nitrogens is 1. The van der Waals surface area contributed by atoms with Crippen LogP contribution < -0.4 is 5.73 Å². The molecule has 0 saturated heterocycles. The number of ether oxygens (including phenoxy) is 1. The standard InChI is InChI=1S/C10H15FN2O/c1-10(2,7-12)14-6-8-3-9(11)5-13-4-8/h3-5H,6-7,12H2,1-2H3. The van der Waals surface area contributed by atoms with Crippen molar-refractivity contribution in [1.82, 2.24) is 4.98 Å². The number of hydrogen-bond donors (Lipinski definition) is 1. The van der Waals surface area contributed by atoms with E-state index >= 15 is 0 Å². The molecule has 4 heteroatoms. The number of nitrogens with zero attached hydrogens (tertiary/aromatic N) is 1. The minimum Gasteiger partial charge on any atom is -0.370 e. The third kappa shape index (κ3) is 3.40. The highest BCUT2D eigenvalue weighted by Crippen LogP contribution is 2.11. The van der Waals surface area contributed by atoms with E-state index in [2.05, 4.69) is 4.98 Å². The fraction of sp³-hybridized carbons (Fsp3) is 0.500. The summed E-state index contributed by atoms with van der Waals surface area (Å²) < 4.78 is 18.2. The van der Waals surface area contributed by atoms with Gasteiger partial charge < -0.3 is 10.5 Å². The fourth-order valence-electron chi connectivity index (χ4n) is 0.872. The molecule has 1 rings (SSSR count). The summed E-state index contributed by atoms with van der Waals surface area (Å²) in [6, 6.07) is 1.40. The largest absolute Gasteiger partial charge is 0.370 e. The molecule has 0 aromatic carbocycles. The van der Waals surface area contributed by atoms with Gasteiger partial charge >= 0.3 is 0 Å². The molecule has 1 aromatic heterocycles. The first-order valence-corrected chi connectivity index (χ1v) is 4.47. The van der Waals surface area contributed by atoms with E-state index in [0.717, 1.165) is 6.20 Å². The molecule has 0 fully saturated rings. The van der Waals surface area contributed by atoms with Crippen LogP contribution >= 0.6 is 0 Å². The molecule has 14 heavy (non-hydrogen) atoms. The van der Waals surface area contributed by atoms with Gasteiger partial charge in [-0.2, -0.15) is 0 Å². The van der Waals surface area contributed by atoms with Gasteiger partial charge in [0.2, 0.25) is 0 Å². The Morgan fingerprint density at radius 3 is 2.79 bits per heavy atom. The first-order chi connectivity index (χ1) is 6.53. The third-order valence-corrected chi connectivity index (χ3v) is 1.88. The lowest BCUT2D eigenvalue weighted by atomic mass is 10.1. The van der Waals surface area contributed by atoms with Crippen molar-refractivity contribution >= 4 is 0 Å². The summed E-state index contributed by atoms with van der Waals surface area (Å²) in [7, 11) is 0. The summed E-state index contributed by atoms with van der Waals surface area (Å²) in [6.07, 6.45) is 2.74. The smallest absolute Gasteiger partial charge is 0.141 e. The lowest BCUT2D eigenvalue weighted by molar-refractivity contribution is -0.0224. The molecule has 0 saturated carbocycles. The number of halogens is 1. The molecule has 0 aliphatic carbocycles. The Kier molecular flexibility index (Phi) is 3.55. The molecular formula is C10H15FN2O. The first-order valence-electron chi connectivity index (χ1n) is 4.47. The minimum atomic E-state index is -0.383. The van der Waals surface area contributed by atoms with Gasteiger partial charge in [-0.3, -0.25) is 4.98 Å². The van der Waals surface area contributed by atoms with Gasteiger partial charge in [0, 0.05) is 12.7 Å². The number of pyridine rings is 1. The molecule has 0 aliphatic heterocycles. The highest BCUT2D eigenvalue weighted by atomic mass is 19.1. The highest BCUT2D eigenvalue weighted by molar-refractivity contribution is 5.08. The van der Waals surface area contributed by atoms with E-state index < -0.39 is 0 Å². The Bertz CT molecular complexity index is 302. The lowest BCUT2D eigenvalue weighted by Crippen LogP contribution is -2.33. The summed E-state index contributed by atoms with van der Waals surface area (Å²) in [5, 5.41) is 0. The number of hydrogen-bond acceptors (Lipinski definition) is 3. The van der Waals surface area contributed by atoms with Crippen LogP contribution in [0.4, 0.5) is 4.39 Å². The van der Waals surface area contributed by atoms with Crippen LogP contribution in [0.2, 0.25) is 0 Å². The molecule has 0 bridgehead atoms. The molecule has 1 aromatic rings. The molecule has 0 unspecified atom stereocenters. The third-order valence-electron chi connectivity index (χ3n) is 1.88. The summed E-state index contributed by atoms with van der Waals surface area (Å²) in [6.45, 7) is 4.53. The van der Waals surface area contributed by atoms with Crippen LogP contribution in [0.5, 0.6) is 0 Å². The number of nitrogens with two attached hydrogens (primary N) is 1. The average Bonchev–Trinajstić information content (AvgIpc) is 2.15. The topological polar surface area (TPSA) is 48.1 Å². The van der Waals surface area contributed by atoms with Crippen LogP contribution in [0.15, 0.2) is 18.5 Å². The Hall–Kier alpha value is -1.00. The van der Waals surface area contributed by atoms with Crippen molar-refractivity contribution in [2.45, 2.75) is 26.1 Å². The molecule has 0 aliphatic rings. The second-order valence-corrected chi connectivity index (χ2v) is 3.76. The SMILES string of the molecule is CC(C)(CN)OCc1cncc(F)c1. The maximum atomic E-state index is 12.7. The normalized spacial score (nSPS) is 11.7. The molecular weight excluding hydrogens is 183 g/mol. The zero-order valence-corrected chi connectivity index (χ0v) is 8.46. The molecule has 78 valence electrons. The summed E-state index contributed by atoms with van der Waals surface area (Å²) in [5.74, 6) is -0.350. The van der Waals surface area contributed by atoms with E-state index in [1.54, 1.807) is 6.20 Å². The van der Waals surface area contributed by atoms with Gasteiger partial charge in [0.25, 0.3) is 0 Å². The molecule has 1 heterocycles.